The van der Waals surface area contributed by atoms with Gasteiger partial charge in [-0.15, -0.1) is 0 Å². The molecule has 1 saturated carbocycles. The molecule has 0 aromatic heterocycles. The summed E-state index contributed by atoms with van der Waals surface area (Å²) in [5.74, 6) is 0.167. The molecular formula is C33H39N3O6S. The number of nitrogens with one attached hydrogen (secondary N) is 1. The average Bonchev–Trinajstić information content (AvgIpc) is 3.02. The number of hydrogen-bond donors (Lipinski definition) is 1. The van der Waals surface area contributed by atoms with Crippen molar-refractivity contribution in [2.45, 2.75) is 69.5 Å². The number of hydrogen-bond acceptors (Lipinski definition) is 6. The lowest BCUT2D eigenvalue weighted by atomic mass is 9.95. The van der Waals surface area contributed by atoms with Crippen LogP contribution in [0.25, 0.3) is 0 Å². The number of carbonyl (C=O) groups is 2. The van der Waals surface area contributed by atoms with Crippen molar-refractivity contribution >= 4 is 27.5 Å². The van der Waals surface area contributed by atoms with Gasteiger partial charge in [0.1, 0.15) is 25.8 Å². The SMILES string of the molecule is Cc1cccc(CN(C(=O)CN(c2ccc3c(c2)OCCO3)S(=O)(=O)c2ccccc2)[C@@H](C)C(=O)NC2CCCCC2)c1. The van der Waals surface area contributed by atoms with E-state index >= 15 is 0 Å². The monoisotopic (exact) mass is 605 g/mol. The van der Waals surface area contributed by atoms with Crippen molar-refractivity contribution in [1.82, 2.24) is 10.2 Å². The highest BCUT2D eigenvalue weighted by Gasteiger charge is 2.33. The third-order valence-corrected chi connectivity index (χ3v) is 9.77. The van der Waals surface area contributed by atoms with E-state index in [4.69, 9.17) is 9.47 Å². The normalized spacial score (nSPS) is 15.8. The van der Waals surface area contributed by atoms with Gasteiger partial charge in [0.15, 0.2) is 11.5 Å². The molecule has 228 valence electrons. The number of ether oxygens (including phenoxy) is 2. The van der Waals surface area contributed by atoms with Crippen LogP contribution in [-0.4, -0.2) is 57.0 Å². The third kappa shape index (κ3) is 7.30. The van der Waals surface area contributed by atoms with Gasteiger partial charge in [0.2, 0.25) is 11.8 Å². The fraction of sp³-hybridized carbons (Fsp3) is 0.394. The third-order valence-electron chi connectivity index (χ3n) is 7.98. The molecule has 1 atom stereocenters. The van der Waals surface area contributed by atoms with Crippen molar-refractivity contribution in [3.05, 3.63) is 83.9 Å². The highest BCUT2D eigenvalue weighted by molar-refractivity contribution is 7.92. The first-order valence-corrected chi connectivity index (χ1v) is 16.3. The Morgan fingerprint density at radius 1 is 0.907 bits per heavy atom. The highest BCUT2D eigenvalue weighted by Crippen LogP contribution is 2.36. The van der Waals surface area contributed by atoms with Crippen molar-refractivity contribution in [3.63, 3.8) is 0 Å². The number of benzene rings is 3. The molecule has 0 unspecified atom stereocenters. The fourth-order valence-electron chi connectivity index (χ4n) is 5.59. The van der Waals surface area contributed by atoms with Crippen molar-refractivity contribution in [2.75, 3.05) is 24.1 Å². The first kappa shape index (κ1) is 30.4. The van der Waals surface area contributed by atoms with Gasteiger partial charge in [0.25, 0.3) is 10.0 Å². The van der Waals surface area contributed by atoms with E-state index in [1.807, 2.05) is 31.2 Å². The van der Waals surface area contributed by atoms with Crippen LogP contribution < -0.4 is 19.1 Å². The summed E-state index contributed by atoms with van der Waals surface area (Å²) in [4.78, 5) is 29.2. The Morgan fingerprint density at radius 2 is 1.63 bits per heavy atom. The Kier molecular flexibility index (Phi) is 9.55. The van der Waals surface area contributed by atoms with Crippen LogP contribution in [0.1, 0.15) is 50.2 Å². The molecule has 3 aromatic carbocycles. The zero-order valence-corrected chi connectivity index (χ0v) is 25.5. The molecule has 3 aromatic rings. The van der Waals surface area contributed by atoms with E-state index in [1.165, 1.54) is 17.0 Å². The Morgan fingerprint density at radius 3 is 2.35 bits per heavy atom. The molecule has 1 aliphatic carbocycles. The minimum absolute atomic E-state index is 0.0472. The maximum absolute atomic E-state index is 14.2. The van der Waals surface area contributed by atoms with Gasteiger partial charge < -0.3 is 19.7 Å². The summed E-state index contributed by atoms with van der Waals surface area (Å²) < 4.78 is 40.5. The molecule has 1 fully saturated rings. The van der Waals surface area contributed by atoms with Gasteiger partial charge in [0, 0.05) is 18.7 Å². The van der Waals surface area contributed by atoms with E-state index in [-0.39, 0.29) is 29.1 Å². The van der Waals surface area contributed by atoms with Gasteiger partial charge in [-0.3, -0.25) is 13.9 Å². The van der Waals surface area contributed by atoms with Crippen LogP contribution in [0.5, 0.6) is 11.5 Å². The number of fused-ring (bicyclic) bond motifs is 1. The molecule has 9 nitrogen and oxygen atoms in total. The van der Waals surface area contributed by atoms with Crippen molar-refractivity contribution in [1.29, 1.82) is 0 Å². The quantitative estimate of drug-likeness (QED) is 0.355. The van der Waals surface area contributed by atoms with Gasteiger partial charge >= 0.3 is 0 Å². The second-order valence-corrected chi connectivity index (χ2v) is 13.0. The lowest BCUT2D eigenvalue weighted by Crippen LogP contribution is -2.53. The summed E-state index contributed by atoms with van der Waals surface area (Å²) in [6, 6.07) is 19.8. The molecule has 10 heteroatoms. The van der Waals surface area contributed by atoms with Crippen LogP contribution in [0.2, 0.25) is 0 Å². The number of amides is 2. The van der Waals surface area contributed by atoms with Crippen LogP contribution in [0.4, 0.5) is 5.69 Å². The standard InChI is InChI=1S/C33H39N3O6S/c1-24-10-9-11-26(20-24)22-35(25(2)33(38)34-27-12-5-3-6-13-27)32(37)23-36(43(39,40)29-14-7-4-8-15-29)28-16-17-30-31(21-28)42-19-18-41-30/h4,7-11,14-17,20-21,25,27H,3,5-6,12-13,18-19,22-23H2,1-2H3,(H,34,38)/t25-/m0/s1. The smallest absolute Gasteiger partial charge is 0.264 e. The van der Waals surface area contributed by atoms with E-state index in [0.717, 1.165) is 47.5 Å². The summed E-state index contributed by atoms with van der Waals surface area (Å²) in [6.45, 7) is 4.03. The molecule has 2 aliphatic rings. The second kappa shape index (κ2) is 13.5. The van der Waals surface area contributed by atoms with Gasteiger partial charge in [-0.05, 0) is 56.5 Å². The summed E-state index contributed by atoms with van der Waals surface area (Å²) in [7, 11) is -4.17. The minimum atomic E-state index is -4.17. The van der Waals surface area contributed by atoms with Gasteiger partial charge in [-0.1, -0.05) is 67.3 Å². The molecule has 1 heterocycles. The van der Waals surface area contributed by atoms with Crippen LogP contribution in [0.15, 0.2) is 77.7 Å². The van der Waals surface area contributed by atoms with Gasteiger partial charge in [-0.2, -0.15) is 0 Å². The lowest BCUT2D eigenvalue weighted by molar-refractivity contribution is -0.139. The Balaban J connectivity index is 1.48. The number of anilines is 1. The molecule has 0 saturated heterocycles. The van der Waals surface area contributed by atoms with E-state index in [2.05, 4.69) is 5.32 Å². The number of rotatable bonds is 10. The highest BCUT2D eigenvalue weighted by atomic mass is 32.2. The number of nitrogens with zero attached hydrogens (tertiary/aromatic N) is 2. The van der Waals surface area contributed by atoms with Crippen LogP contribution in [0.3, 0.4) is 0 Å². The summed E-state index contributed by atoms with van der Waals surface area (Å²) in [6.07, 6.45) is 5.11. The minimum Gasteiger partial charge on any atom is -0.486 e. The zero-order valence-electron chi connectivity index (χ0n) is 24.7. The largest absolute Gasteiger partial charge is 0.486 e. The molecule has 0 radical (unpaired) electrons. The first-order chi connectivity index (χ1) is 20.7. The number of aryl methyl sites for hydroxylation is 1. The maximum Gasteiger partial charge on any atom is 0.264 e. The summed E-state index contributed by atoms with van der Waals surface area (Å²) >= 11 is 0. The molecular weight excluding hydrogens is 566 g/mol. The van der Waals surface area contributed by atoms with Gasteiger partial charge in [0.05, 0.1) is 10.6 Å². The van der Waals surface area contributed by atoms with Gasteiger partial charge in [-0.25, -0.2) is 8.42 Å². The Bertz CT molecular complexity index is 1540. The van der Waals surface area contributed by atoms with Crippen LogP contribution in [0, 0.1) is 6.92 Å². The van der Waals surface area contributed by atoms with Crippen molar-refractivity contribution in [3.8, 4) is 11.5 Å². The van der Waals surface area contributed by atoms with Crippen molar-refractivity contribution in [2.24, 2.45) is 0 Å². The van der Waals surface area contributed by atoms with E-state index in [1.54, 1.807) is 43.3 Å². The topological polar surface area (TPSA) is 105 Å². The van der Waals surface area contributed by atoms with E-state index < -0.39 is 28.5 Å². The molecule has 5 rings (SSSR count). The molecule has 1 N–H and O–H groups in total. The fourth-order valence-corrected chi connectivity index (χ4v) is 7.02. The Hall–Kier alpha value is -4.05. The lowest BCUT2D eigenvalue weighted by Gasteiger charge is -2.33. The maximum atomic E-state index is 14.2. The molecule has 0 bridgehead atoms. The molecule has 43 heavy (non-hydrogen) atoms. The van der Waals surface area contributed by atoms with E-state index in [0.29, 0.717) is 24.7 Å². The van der Waals surface area contributed by atoms with Crippen molar-refractivity contribution < 1.29 is 27.5 Å². The molecule has 0 spiro atoms. The first-order valence-electron chi connectivity index (χ1n) is 14.9. The summed E-state index contributed by atoms with van der Waals surface area (Å²) in [5.41, 5.74) is 2.13. The average molecular weight is 606 g/mol. The second-order valence-electron chi connectivity index (χ2n) is 11.2. The van der Waals surface area contributed by atoms with Crippen LogP contribution in [-0.2, 0) is 26.2 Å². The predicted molar refractivity (Wildman–Crippen MR) is 165 cm³/mol. The predicted octanol–water partition coefficient (Wildman–Crippen LogP) is 4.83. The van der Waals surface area contributed by atoms with Crippen LogP contribution >= 0.6 is 0 Å². The molecule has 1 aliphatic heterocycles. The Labute approximate surface area is 253 Å². The summed E-state index contributed by atoms with van der Waals surface area (Å²) in [5, 5.41) is 3.13. The van der Waals surface area contributed by atoms with E-state index in [9.17, 15) is 18.0 Å². The zero-order chi connectivity index (χ0) is 30.4. The number of sulfonamides is 1. The number of carbonyl (C=O) groups excluding carboxylic acids is 2. The molecule has 2 amide bonds.